The third kappa shape index (κ3) is 3.66. The van der Waals surface area contributed by atoms with E-state index < -0.39 is 5.41 Å². The Kier molecular flexibility index (Phi) is 4.49. The second kappa shape index (κ2) is 5.65. The van der Waals surface area contributed by atoms with Crippen molar-refractivity contribution in [2.75, 3.05) is 12.4 Å². The highest BCUT2D eigenvalue weighted by Crippen LogP contribution is 2.22. The molecule has 1 heterocycles. The standard InChI is InChI=1S/C11H16N2O2S/c1-11(2,9(14)15-3)5-4-6-12-10-13-7-8-16-10/h4,6-8H,5H2,1-3H3,(H,12,13). The van der Waals surface area contributed by atoms with Gasteiger partial charge in [0.25, 0.3) is 0 Å². The molecule has 0 radical (unpaired) electrons. The highest BCUT2D eigenvalue weighted by Gasteiger charge is 2.26. The lowest BCUT2D eigenvalue weighted by Crippen LogP contribution is -2.24. The number of anilines is 1. The Morgan fingerprint density at radius 3 is 3.00 bits per heavy atom. The van der Waals surface area contributed by atoms with Crippen LogP contribution in [0, 0.1) is 5.41 Å². The summed E-state index contributed by atoms with van der Waals surface area (Å²) in [5.74, 6) is -0.202. The molecule has 4 nitrogen and oxygen atoms in total. The van der Waals surface area contributed by atoms with Gasteiger partial charge >= 0.3 is 5.97 Å². The number of hydrogen-bond acceptors (Lipinski definition) is 5. The Hall–Kier alpha value is -1.36. The van der Waals surface area contributed by atoms with Crippen LogP contribution in [0.2, 0.25) is 0 Å². The summed E-state index contributed by atoms with van der Waals surface area (Å²) in [6.45, 7) is 3.71. The Labute approximate surface area is 99.3 Å². The number of carbonyl (C=O) groups is 1. The number of nitrogens with zero attached hydrogens (tertiary/aromatic N) is 1. The van der Waals surface area contributed by atoms with Crippen molar-refractivity contribution in [1.82, 2.24) is 4.98 Å². The Morgan fingerprint density at radius 1 is 1.69 bits per heavy atom. The number of ether oxygens (including phenoxy) is 1. The van der Waals surface area contributed by atoms with Gasteiger partial charge in [0.15, 0.2) is 5.13 Å². The molecule has 0 spiro atoms. The molecule has 0 aliphatic carbocycles. The number of hydrogen-bond donors (Lipinski definition) is 1. The van der Waals surface area contributed by atoms with E-state index >= 15 is 0 Å². The molecule has 0 saturated heterocycles. The van der Waals surface area contributed by atoms with Crippen LogP contribution in [0.15, 0.2) is 23.9 Å². The highest BCUT2D eigenvalue weighted by molar-refractivity contribution is 7.13. The summed E-state index contributed by atoms with van der Waals surface area (Å²) in [6, 6.07) is 0. The molecule has 0 aliphatic heterocycles. The van der Waals surface area contributed by atoms with Crippen molar-refractivity contribution in [3.63, 3.8) is 0 Å². The molecule has 0 atom stereocenters. The second-order valence-corrected chi connectivity index (χ2v) is 4.86. The van der Waals surface area contributed by atoms with E-state index in [0.29, 0.717) is 6.42 Å². The summed E-state index contributed by atoms with van der Waals surface area (Å²) in [6.07, 6.45) is 6.05. The summed E-state index contributed by atoms with van der Waals surface area (Å²) < 4.78 is 4.71. The first-order valence-corrected chi connectivity index (χ1v) is 5.83. The average Bonchev–Trinajstić information content (AvgIpc) is 2.76. The van der Waals surface area contributed by atoms with Crippen molar-refractivity contribution in [1.29, 1.82) is 0 Å². The number of rotatable bonds is 5. The van der Waals surface area contributed by atoms with Crippen molar-refractivity contribution >= 4 is 22.4 Å². The van der Waals surface area contributed by atoms with Gasteiger partial charge in [-0.25, -0.2) is 4.98 Å². The lowest BCUT2D eigenvalue weighted by molar-refractivity contribution is -0.150. The fourth-order valence-corrected chi connectivity index (χ4v) is 1.65. The van der Waals surface area contributed by atoms with Gasteiger partial charge in [-0.3, -0.25) is 4.79 Å². The van der Waals surface area contributed by atoms with E-state index in [1.807, 2.05) is 25.3 Å². The minimum Gasteiger partial charge on any atom is -0.469 e. The van der Waals surface area contributed by atoms with Crippen LogP contribution in [-0.4, -0.2) is 18.1 Å². The van der Waals surface area contributed by atoms with E-state index in [1.54, 1.807) is 12.4 Å². The maximum atomic E-state index is 11.4. The lowest BCUT2D eigenvalue weighted by Gasteiger charge is -2.18. The summed E-state index contributed by atoms with van der Waals surface area (Å²) in [7, 11) is 1.40. The lowest BCUT2D eigenvalue weighted by atomic mass is 9.89. The first-order valence-electron chi connectivity index (χ1n) is 4.96. The fraction of sp³-hybridized carbons (Fsp3) is 0.455. The zero-order valence-corrected chi connectivity index (χ0v) is 10.5. The zero-order chi connectivity index (χ0) is 12.0. The van der Waals surface area contributed by atoms with Crippen LogP contribution in [0.5, 0.6) is 0 Å². The molecule has 1 aromatic heterocycles. The molecule has 1 N–H and O–H groups in total. The van der Waals surface area contributed by atoms with Gasteiger partial charge < -0.3 is 10.1 Å². The predicted octanol–water partition coefficient (Wildman–Crippen LogP) is 2.66. The van der Waals surface area contributed by atoms with Gasteiger partial charge in [-0.05, 0) is 26.5 Å². The third-order valence-electron chi connectivity index (χ3n) is 2.12. The first kappa shape index (κ1) is 12.7. The van der Waals surface area contributed by atoms with Crippen molar-refractivity contribution in [3.8, 4) is 0 Å². The maximum Gasteiger partial charge on any atom is 0.311 e. The van der Waals surface area contributed by atoms with Crippen molar-refractivity contribution in [2.45, 2.75) is 20.3 Å². The fourth-order valence-electron chi connectivity index (χ4n) is 1.14. The average molecular weight is 240 g/mol. The van der Waals surface area contributed by atoms with Gasteiger partial charge in [0.2, 0.25) is 0 Å². The third-order valence-corrected chi connectivity index (χ3v) is 2.83. The summed E-state index contributed by atoms with van der Waals surface area (Å²) in [5, 5.41) is 5.77. The number of aromatic nitrogens is 1. The van der Waals surface area contributed by atoms with Crippen molar-refractivity contribution < 1.29 is 9.53 Å². The van der Waals surface area contributed by atoms with Gasteiger partial charge in [0.05, 0.1) is 12.5 Å². The summed E-state index contributed by atoms with van der Waals surface area (Å²) in [4.78, 5) is 15.4. The quantitative estimate of drug-likeness (QED) is 0.804. The molecule has 0 saturated carbocycles. The van der Waals surface area contributed by atoms with Crippen molar-refractivity contribution in [2.24, 2.45) is 5.41 Å². The molecular weight excluding hydrogens is 224 g/mol. The van der Waals surface area contributed by atoms with Crippen LogP contribution in [0.3, 0.4) is 0 Å². The molecule has 0 amide bonds. The van der Waals surface area contributed by atoms with Crippen LogP contribution < -0.4 is 5.32 Å². The zero-order valence-electron chi connectivity index (χ0n) is 9.69. The van der Waals surface area contributed by atoms with Crippen LogP contribution in [0.1, 0.15) is 20.3 Å². The smallest absolute Gasteiger partial charge is 0.311 e. The SMILES string of the molecule is COC(=O)C(C)(C)CC=CNc1nccs1. The molecule has 0 unspecified atom stereocenters. The highest BCUT2D eigenvalue weighted by atomic mass is 32.1. The normalized spacial score (nSPS) is 11.7. The number of methoxy groups -OCH3 is 1. The van der Waals surface area contributed by atoms with Crippen LogP contribution in [0.25, 0.3) is 0 Å². The number of nitrogens with one attached hydrogen (secondary N) is 1. The molecule has 5 heteroatoms. The van der Waals surface area contributed by atoms with Gasteiger partial charge in [-0.2, -0.15) is 0 Å². The molecule has 0 fully saturated rings. The van der Waals surface area contributed by atoms with E-state index in [9.17, 15) is 4.79 Å². The molecule has 0 aromatic carbocycles. The van der Waals surface area contributed by atoms with E-state index in [1.165, 1.54) is 18.4 Å². The maximum absolute atomic E-state index is 11.4. The topological polar surface area (TPSA) is 51.2 Å². The van der Waals surface area contributed by atoms with E-state index in [2.05, 4.69) is 10.3 Å². The molecule has 1 aromatic rings. The minimum atomic E-state index is -0.490. The summed E-state index contributed by atoms with van der Waals surface area (Å²) >= 11 is 1.53. The monoisotopic (exact) mass is 240 g/mol. The molecule has 0 bridgehead atoms. The van der Waals surface area contributed by atoms with E-state index in [4.69, 9.17) is 4.74 Å². The molecule has 16 heavy (non-hydrogen) atoms. The Bertz CT molecular complexity index is 358. The number of carbonyl (C=O) groups excluding carboxylic acids is 1. The Balaban J connectivity index is 2.39. The van der Waals surface area contributed by atoms with Crippen LogP contribution in [0.4, 0.5) is 5.13 Å². The van der Waals surface area contributed by atoms with Gasteiger partial charge in [-0.1, -0.05) is 6.08 Å². The predicted molar refractivity (Wildman–Crippen MR) is 65.3 cm³/mol. The molecule has 0 aliphatic rings. The van der Waals surface area contributed by atoms with E-state index in [-0.39, 0.29) is 5.97 Å². The second-order valence-electron chi connectivity index (χ2n) is 3.96. The number of thiazole rings is 1. The number of allylic oxidation sites excluding steroid dienone is 1. The molecule has 1 rings (SSSR count). The first-order chi connectivity index (χ1) is 7.56. The van der Waals surface area contributed by atoms with Crippen molar-refractivity contribution in [3.05, 3.63) is 23.9 Å². The summed E-state index contributed by atoms with van der Waals surface area (Å²) in [5.41, 5.74) is -0.490. The van der Waals surface area contributed by atoms with Gasteiger partial charge in [0.1, 0.15) is 0 Å². The van der Waals surface area contributed by atoms with Gasteiger partial charge in [-0.15, -0.1) is 11.3 Å². The van der Waals surface area contributed by atoms with Crippen LogP contribution in [-0.2, 0) is 9.53 Å². The Morgan fingerprint density at radius 2 is 2.44 bits per heavy atom. The van der Waals surface area contributed by atoms with Gasteiger partial charge in [0, 0.05) is 11.6 Å². The minimum absolute atomic E-state index is 0.202. The number of esters is 1. The largest absolute Gasteiger partial charge is 0.469 e. The van der Waals surface area contributed by atoms with Crippen LogP contribution >= 0.6 is 11.3 Å². The molecule has 88 valence electrons. The molecular formula is C11H16N2O2S. The van der Waals surface area contributed by atoms with E-state index in [0.717, 1.165) is 5.13 Å².